The molecule has 13 rings (SSSR count). The SMILES string of the molecule is C=Cc1ccc(N(c2ccc(-c3cc4cc(N(C5=CC=C(C6=CC=CCC6)CC5)c5ccc6sc(-c7ccc(N(C8=CCC(CC)C=C8)c8cccc9ccccc89)cc7)cc6c5)ccc4s3)cc2)c2cccc(C)c2C=CC)cc1. The number of nitrogens with zero attached hydrogens (tertiary/aromatic N) is 3. The minimum atomic E-state index is 0.583. The van der Waals surface area contributed by atoms with Crippen LogP contribution in [0.15, 0.2) is 266 Å². The van der Waals surface area contributed by atoms with E-state index < -0.39 is 0 Å². The molecule has 0 fully saturated rings. The monoisotopic (exact) mass is 1080 g/mol. The van der Waals surface area contributed by atoms with Crippen molar-refractivity contribution in [2.75, 3.05) is 14.7 Å². The lowest BCUT2D eigenvalue weighted by atomic mass is 9.90. The minimum Gasteiger partial charge on any atom is -0.314 e. The van der Waals surface area contributed by atoms with Crippen LogP contribution >= 0.6 is 22.7 Å². The molecular weight excluding hydrogens is 1020 g/mol. The maximum atomic E-state index is 4.00. The van der Waals surface area contributed by atoms with E-state index in [0.717, 1.165) is 66.8 Å². The molecule has 1 unspecified atom stereocenters. The van der Waals surface area contributed by atoms with Crippen molar-refractivity contribution in [3.05, 3.63) is 282 Å². The molecule has 0 radical (unpaired) electrons. The first-order valence-corrected chi connectivity index (χ1v) is 30.3. The number of aryl methyl sites for hydroxylation is 1. The smallest absolute Gasteiger partial charge is 0.0539 e. The number of fused-ring (bicyclic) bond motifs is 3. The second kappa shape index (κ2) is 22.8. The van der Waals surface area contributed by atoms with Gasteiger partial charge in [0.1, 0.15) is 0 Å². The molecule has 0 bridgehead atoms. The Morgan fingerprint density at radius 2 is 1.19 bits per heavy atom. The molecule has 1 atom stereocenters. The standard InChI is InChI=1S/C76H65N3S2/c1-5-15-69-52(4)16-13-22-71(69)78(63-34-24-53(6-2)25-35-63)65-40-30-58(31-41-65)75-50-60-48-67(44-46-73(60)80-75)77(62-38-28-56(29-39-62)55-17-9-8-10-18-55)68-45-47-74-61(49-68)51-76(81-74)59-32-42-66(43-33-59)79(64-36-26-54(7-3)27-37-64)72-23-14-20-57-19-11-12-21-70(57)72/h5-6,8-9,11-17,19-26,28,30-38,40-51,54H,2,7,10,18,27,29,39H2,1,3-4H3. The van der Waals surface area contributed by atoms with E-state index in [9.17, 15) is 0 Å². The third-order valence-electron chi connectivity index (χ3n) is 16.4. The van der Waals surface area contributed by atoms with E-state index in [0.29, 0.717) is 5.92 Å². The van der Waals surface area contributed by atoms with E-state index in [-0.39, 0.29) is 0 Å². The summed E-state index contributed by atoms with van der Waals surface area (Å²) in [6, 6.07) is 67.9. The highest BCUT2D eigenvalue weighted by Gasteiger charge is 2.23. The van der Waals surface area contributed by atoms with E-state index in [1.54, 1.807) is 0 Å². The Morgan fingerprint density at radius 3 is 1.79 bits per heavy atom. The summed E-state index contributed by atoms with van der Waals surface area (Å²) in [4.78, 5) is 9.85. The van der Waals surface area contributed by atoms with Crippen LogP contribution in [0, 0.1) is 12.8 Å². The lowest BCUT2D eigenvalue weighted by molar-refractivity contribution is 0.628. The van der Waals surface area contributed by atoms with Crippen LogP contribution in [-0.4, -0.2) is 0 Å². The van der Waals surface area contributed by atoms with Crippen LogP contribution in [0.3, 0.4) is 0 Å². The van der Waals surface area contributed by atoms with Gasteiger partial charge in [-0.3, -0.25) is 0 Å². The van der Waals surface area contributed by atoms with Gasteiger partial charge in [-0.25, -0.2) is 0 Å². The lowest BCUT2D eigenvalue weighted by Gasteiger charge is -2.30. The van der Waals surface area contributed by atoms with Gasteiger partial charge in [0.15, 0.2) is 0 Å². The van der Waals surface area contributed by atoms with Gasteiger partial charge in [-0.05, 0) is 217 Å². The number of allylic oxidation sites excluding steroid dienone is 12. The first-order chi connectivity index (χ1) is 39.9. The minimum absolute atomic E-state index is 0.583. The largest absolute Gasteiger partial charge is 0.314 e. The maximum absolute atomic E-state index is 4.00. The van der Waals surface area contributed by atoms with E-state index in [1.807, 2.05) is 28.7 Å². The quantitative estimate of drug-likeness (QED) is 0.101. The van der Waals surface area contributed by atoms with Crippen LogP contribution in [0.1, 0.15) is 69.1 Å². The summed E-state index contributed by atoms with van der Waals surface area (Å²) >= 11 is 3.73. The zero-order valence-corrected chi connectivity index (χ0v) is 48.0. The van der Waals surface area contributed by atoms with Gasteiger partial charge < -0.3 is 14.7 Å². The second-order valence-corrected chi connectivity index (χ2v) is 23.6. The van der Waals surface area contributed by atoms with Crippen LogP contribution < -0.4 is 14.7 Å². The Bertz CT molecular complexity index is 4220. The second-order valence-electron chi connectivity index (χ2n) is 21.5. The predicted molar refractivity (Wildman–Crippen MR) is 354 cm³/mol. The molecule has 0 saturated heterocycles. The first-order valence-electron chi connectivity index (χ1n) is 28.6. The van der Waals surface area contributed by atoms with Crippen LogP contribution in [-0.2, 0) is 0 Å². The normalized spacial score (nSPS) is 15.2. The molecule has 3 aliphatic carbocycles. The summed E-state index contributed by atoms with van der Waals surface area (Å²) in [6.45, 7) is 10.6. The molecule has 3 aliphatic rings. The summed E-state index contributed by atoms with van der Waals surface area (Å²) in [6.07, 6.45) is 31.4. The zero-order valence-electron chi connectivity index (χ0n) is 46.4. The van der Waals surface area contributed by atoms with Gasteiger partial charge in [0.05, 0.1) is 11.4 Å². The summed E-state index contributed by atoms with van der Waals surface area (Å²) in [5, 5.41) is 4.99. The van der Waals surface area contributed by atoms with E-state index in [1.165, 1.54) is 103 Å². The number of anilines is 7. The summed E-state index contributed by atoms with van der Waals surface area (Å²) < 4.78 is 2.56. The fourth-order valence-electron chi connectivity index (χ4n) is 12.0. The summed E-state index contributed by atoms with van der Waals surface area (Å²) in [5.74, 6) is 0.583. The fourth-order valence-corrected chi connectivity index (χ4v) is 14.1. The number of thiophene rings is 2. The average Bonchev–Trinajstić information content (AvgIpc) is 4.32. The van der Waals surface area contributed by atoms with Crippen molar-refractivity contribution in [3.8, 4) is 20.9 Å². The third-order valence-corrected chi connectivity index (χ3v) is 18.7. The van der Waals surface area contributed by atoms with E-state index in [4.69, 9.17) is 0 Å². The van der Waals surface area contributed by atoms with Gasteiger partial charge in [-0.1, -0.05) is 153 Å². The molecule has 0 spiro atoms. The molecule has 2 aromatic heterocycles. The Kier molecular flexibility index (Phi) is 14.5. The van der Waals surface area contributed by atoms with Crippen molar-refractivity contribution in [1.29, 1.82) is 0 Å². The maximum Gasteiger partial charge on any atom is 0.0539 e. The topological polar surface area (TPSA) is 9.72 Å². The van der Waals surface area contributed by atoms with Crippen molar-refractivity contribution in [2.45, 2.75) is 59.3 Å². The Balaban J connectivity index is 0.830. The van der Waals surface area contributed by atoms with Gasteiger partial charge in [0, 0.05) is 69.9 Å². The Labute approximate surface area is 485 Å². The molecule has 8 aromatic carbocycles. The van der Waals surface area contributed by atoms with Crippen molar-refractivity contribution < 1.29 is 0 Å². The molecule has 10 aromatic rings. The van der Waals surface area contributed by atoms with Gasteiger partial charge in [0.2, 0.25) is 0 Å². The molecule has 3 nitrogen and oxygen atoms in total. The van der Waals surface area contributed by atoms with Gasteiger partial charge in [-0.15, -0.1) is 22.7 Å². The highest BCUT2D eigenvalue weighted by atomic mass is 32.1. The molecule has 5 heteroatoms. The highest BCUT2D eigenvalue weighted by molar-refractivity contribution is 7.22. The fraction of sp³-hybridized carbons (Fsp3) is 0.132. The highest BCUT2D eigenvalue weighted by Crippen LogP contribution is 2.46. The van der Waals surface area contributed by atoms with E-state index in [2.05, 4.69) is 285 Å². The molecule has 396 valence electrons. The van der Waals surface area contributed by atoms with Gasteiger partial charge in [-0.2, -0.15) is 0 Å². The number of rotatable bonds is 15. The van der Waals surface area contributed by atoms with Gasteiger partial charge in [0.25, 0.3) is 0 Å². The van der Waals surface area contributed by atoms with Crippen LogP contribution in [0.2, 0.25) is 0 Å². The first kappa shape index (κ1) is 51.7. The molecule has 0 N–H and O–H groups in total. The molecule has 2 heterocycles. The zero-order chi connectivity index (χ0) is 54.8. The molecule has 0 aliphatic heterocycles. The van der Waals surface area contributed by atoms with Gasteiger partial charge >= 0.3 is 0 Å². The third kappa shape index (κ3) is 10.4. The van der Waals surface area contributed by atoms with Crippen molar-refractivity contribution in [3.63, 3.8) is 0 Å². The van der Waals surface area contributed by atoms with E-state index >= 15 is 0 Å². The number of hydrogen-bond donors (Lipinski definition) is 0. The number of hydrogen-bond acceptors (Lipinski definition) is 5. The lowest BCUT2D eigenvalue weighted by Crippen LogP contribution is -2.18. The molecule has 81 heavy (non-hydrogen) atoms. The van der Waals surface area contributed by atoms with Crippen LogP contribution in [0.25, 0.3) is 64.0 Å². The Hall–Kier alpha value is -8.74. The Morgan fingerprint density at radius 1 is 0.568 bits per heavy atom. The predicted octanol–water partition coefficient (Wildman–Crippen LogP) is 23.1. The molecule has 0 saturated carbocycles. The summed E-state index contributed by atoms with van der Waals surface area (Å²) in [5.41, 5.74) is 19.5. The molecular formula is C76H65N3S2. The summed E-state index contributed by atoms with van der Waals surface area (Å²) in [7, 11) is 0. The molecule has 0 amide bonds. The number of benzene rings is 8. The van der Waals surface area contributed by atoms with Crippen LogP contribution in [0.4, 0.5) is 39.8 Å². The average molecular weight is 1080 g/mol. The van der Waals surface area contributed by atoms with Crippen molar-refractivity contribution >= 4 is 106 Å². The van der Waals surface area contributed by atoms with Crippen LogP contribution in [0.5, 0.6) is 0 Å². The van der Waals surface area contributed by atoms with Crippen molar-refractivity contribution in [1.82, 2.24) is 0 Å². The van der Waals surface area contributed by atoms with Crippen molar-refractivity contribution in [2.24, 2.45) is 5.92 Å².